The van der Waals surface area contributed by atoms with Gasteiger partial charge in [0.25, 0.3) is 0 Å². The number of aliphatic imine (C=N–C) groups is 1. The van der Waals surface area contributed by atoms with E-state index in [4.69, 9.17) is 17.3 Å². The third-order valence-electron chi connectivity index (χ3n) is 3.30. The first-order valence-corrected chi connectivity index (χ1v) is 19.9. The molecule has 0 aromatic heterocycles. The molecule has 1 radical (unpaired) electrons. The minimum absolute atomic E-state index is 0.505. The Bertz CT molecular complexity index is 369. The third-order valence-corrected chi connectivity index (χ3v) is 13.1. The molecule has 0 heterocycles. The Morgan fingerprint density at radius 3 is 1.70 bits per heavy atom. The number of hydrogen-bond acceptors (Lipinski definition) is 4. The Morgan fingerprint density at radius 1 is 0.783 bits per heavy atom. The smallest absolute Gasteiger partial charge is 0.415 e. The van der Waals surface area contributed by atoms with E-state index >= 15 is 0 Å². The Morgan fingerprint density at radius 2 is 1.26 bits per heavy atom. The van der Waals surface area contributed by atoms with Gasteiger partial charge >= 0.3 is 9.53 Å². The van der Waals surface area contributed by atoms with Crippen molar-refractivity contribution in [1.29, 1.82) is 0 Å². The quantitative estimate of drug-likeness (QED) is 0.440. The van der Waals surface area contributed by atoms with E-state index < -0.39 is 34.5 Å². The predicted octanol–water partition coefficient (Wildman–Crippen LogP) is 4.84. The Labute approximate surface area is 148 Å². The van der Waals surface area contributed by atoms with Crippen LogP contribution in [0, 0.1) is 0 Å². The van der Waals surface area contributed by atoms with E-state index in [-0.39, 0.29) is 0 Å². The van der Waals surface area contributed by atoms with Crippen molar-refractivity contribution in [2.24, 2.45) is 4.99 Å². The zero-order valence-electron chi connectivity index (χ0n) is 16.4. The molecular formula is C15H36NO3Si4. The first kappa shape index (κ1) is 21.5. The van der Waals surface area contributed by atoms with Gasteiger partial charge in [0.15, 0.2) is 16.6 Å². The number of hydrogen-bond donors (Lipinski definition) is 0. The molecule has 0 N–H and O–H groups in total. The molecule has 0 unspecified atom stereocenters. The molecule has 8 heteroatoms. The summed E-state index contributed by atoms with van der Waals surface area (Å²) in [6.45, 7) is 17.6. The molecule has 0 atom stereocenters. The highest BCUT2D eigenvalue weighted by molar-refractivity contribution is 6.98. The van der Waals surface area contributed by atoms with E-state index in [1.807, 2.05) is 0 Å². The molecule has 1 rings (SSSR count). The second-order valence-electron chi connectivity index (χ2n) is 8.95. The van der Waals surface area contributed by atoms with E-state index in [0.29, 0.717) is 6.04 Å². The molecule has 1 aliphatic carbocycles. The van der Waals surface area contributed by atoms with Crippen molar-refractivity contribution in [3.8, 4) is 0 Å². The summed E-state index contributed by atoms with van der Waals surface area (Å²) in [4.78, 5) is 4.84. The van der Waals surface area contributed by atoms with E-state index in [0.717, 1.165) is 0 Å². The molecule has 4 nitrogen and oxygen atoms in total. The van der Waals surface area contributed by atoms with Crippen LogP contribution in [0.25, 0.3) is 0 Å². The van der Waals surface area contributed by atoms with E-state index in [1.165, 1.54) is 32.1 Å². The average Bonchev–Trinajstić information content (AvgIpc) is 2.33. The summed E-state index contributed by atoms with van der Waals surface area (Å²) in [5, 5.41) is 0. The van der Waals surface area contributed by atoms with Gasteiger partial charge in [0.1, 0.15) is 0 Å². The van der Waals surface area contributed by atoms with Gasteiger partial charge in [-0.05, 0) is 65.2 Å². The molecule has 0 amide bonds. The fourth-order valence-electron chi connectivity index (χ4n) is 2.32. The summed E-state index contributed by atoms with van der Waals surface area (Å²) in [7, 11) is -7.04. The van der Waals surface area contributed by atoms with Gasteiger partial charge in [-0.15, -0.1) is 0 Å². The van der Waals surface area contributed by atoms with Gasteiger partial charge in [-0.1, -0.05) is 19.3 Å². The molecule has 0 saturated heterocycles. The normalized spacial score (nSPS) is 19.0. The summed E-state index contributed by atoms with van der Waals surface area (Å²) < 4.78 is 18.9. The molecule has 0 aromatic rings. The summed E-state index contributed by atoms with van der Waals surface area (Å²) in [5.74, 6) is 2.12. The molecule has 1 aliphatic rings. The van der Waals surface area contributed by atoms with Crippen LogP contribution in [-0.2, 0) is 12.3 Å². The molecule has 1 fully saturated rings. The van der Waals surface area contributed by atoms with Crippen LogP contribution >= 0.6 is 0 Å². The van der Waals surface area contributed by atoms with Crippen LogP contribution in [0.15, 0.2) is 4.99 Å². The van der Waals surface area contributed by atoms with Crippen molar-refractivity contribution < 1.29 is 12.3 Å². The summed E-state index contributed by atoms with van der Waals surface area (Å²) in [5.41, 5.74) is 0. The van der Waals surface area contributed by atoms with Crippen molar-refractivity contribution >= 4 is 40.3 Å². The molecule has 0 spiro atoms. The van der Waals surface area contributed by atoms with Crippen LogP contribution in [0.4, 0.5) is 0 Å². The maximum atomic E-state index is 6.40. The zero-order chi connectivity index (χ0) is 17.7. The van der Waals surface area contributed by atoms with Crippen LogP contribution < -0.4 is 0 Å². The number of nitrogens with zero attached hydrogens (tertiary/aromatic N) is 1. The molecule has 23 heavy (non-hydrogen) atoms. The standard InChI is InChI=1S/C15H36NO3Si4/c1-21(2,3)17-20(18-22(4,5)6)19-23(7,8)14-16-15-12-10-9-11-13-15/h14-15H,9-13H2,1-8H3. The Kier molecular flexibility index (Phi) is 8.10. The van der Waals surface area contributed by atoms with E-state index in [9.17, 15) is 0 Å². The zero-order valence-corrected chi connectivity index (χ0v) is 20.4. The minimum Gasteiger partial charge on any atom is -0.415 e. The van der Waals surface area contributed by atoms with Crippen LogP contribution in [0.5, 0.6) is 0 Å². The second-order valence-corrected chi connectivity index (χ2v) is 23.8. The molecule has 0 aliphatic heterocycles. The minimum atomic E-state index is -2.00. The van der Waals surface area contributed by atoms with Gasteiger partial charge in [-0.3, -0.25) is 4.99 Å². The van der Waals surface area contributed by atoms with Crippen molar-refractivity contribution in [3.63, 3.8) is 0 Å². The Balaban J connectivity index is 2.68. The summed E-state index contributed by atoms with van der Waals surface area (Å²) in [6.07, 6.45) is 6.46. The van der Waals surface area contributed by atoms with Gasteiger partial charge in [0.05, 0.1) is 0 Å². The first-order chi connectivity index (χ1) is 10.4. The van der Waals surface area contributed by atoms with Gasteiger partial charge < -0.3 is 12.3 Å². The predicted molar refractivity (Wildman–Crippen MR) is 109 cm³/mol. The lowest BCUT2D eigenvalue weighted by Crippen LogP contribution is -2.51. The number of rotatable bonds is 8. The largest absolute Gasteiger partial charge is 0.544 e. The maximum Gasteiger partial charge on any atom is 0.544 e. The maximum absolute atomic E-state index is 6.40. The van der Waals surface area contributed by atoms with E-state index in [1.54, 1.807) is 0 Å². The summed E-state index contributed by atoms with van der Waals surface area (Å²) in [6, 6.07) is 0.505. The van der Waals surface area contributed by atoms with Crippen molar-refractivity contribution in [2.75, 3.05) is 0 Å². The molecule has 0 bridgehead atoms. The highest BCUT2D eigenvalue weighted by Crippen LogP contribution is 2.21. The van der Waals surface area contributed by atoms with Crippen LogP contribution in [-0.4, -0.2) is 46.4 Å². The molecule has 135 valence electrons. The molecule has 1 saturated carbocycles. The molecule has 0 aromatic carbocycles. The summed E-state index contributed by atoms with van der Waals surface area (Å²) >= 11 is 0. The van der Waals surface area contributed by atoms with Crippen LogP contribution in [0.3, 0.4) is 0 Å². The first-order valence-electron chi connectivity index (χ1n) is 8.85. The van der Waals surface area contributed by atoms with Crippen molar-refractivity contribution in [2.45, 2.75) is 90.5 Å². The van der Waals surface area contributed by atoms with Gasteiger partial charge in [-0.25, -0.2) is 0 Å². The highest BCUT2D eigenvalue weighted by atomic mass is 28.5. The van der Waals surface area contributed by atoms with Gasteiger partial charge in [0, 0.05) is 11.9 Å². The fraction of sp³-hybridized carbons (Fsp3) is 0.933. The van der Waals surface area contributed by atoms with Crippen molar-refractivity contribution in [1.82, 2.24) is 0 Å². The van der Waals surface area contributed by atoms with E-state index in [2.05, 4.69) is 58.2 Å². The lowest BCUT2D eigenvalue weighted by molar-refractivity contribution is 0.302. The van der Waals surface area contributed by atoms with Crippen LogP contribution in [0.1, 0.15) is 32.1 Å². The monoisotopic (exact) mass is 390 g/mol. The highest BCUT2D eigenvalue weighted by Gasteiger charge is 2.37. The lowest BCUT2D eigenvalue weighted by atomic mass is 9.96. The fourth-order valence-corrected chi connectivity index (χ4v) is 10.4. The topological polar surface area (TPSA) is 40.0 Å². The van der Waals surface area contributed by atoms with Crippen molar-refractivity contribution in [3.05, 3.63) is 0 Å². The average molecular weight is 391 g/mol. The Hall–Kier alpha value is 0.418. The van der Waals surface area contributed by atoms with Gasteiger partial charge in [-0.2, -0.15) is 0 Å². The molecular weight excluding hydrogens is 355 g/mol. The third kappa shape index (κ3) is 10.8. The lowest BCUT2D eigenvalue weighted by Gasteiger charge is -2.32. The van der Waals surface area contributed by atoms with Crippen LogP contribution in [0.2, 0.25) is 52.4 Å². The second kappa shape index (κ2) is 8.68. The SMILES string of the molecule is C[Si](C)(C)O[Si](O[Si](C)(C)C)O[Si](C)(C)C=NC1CCCCC1. The van der Waals surface area contributed by atoms with Gasteiger partial charge in [0.2, 0.25) is 8.32 Å².